The van der Waals surface area contributed by atoms with Crippen molar-refractivity contribution in [1.82, 2.24) is 4.90 Å². The summed E-state index contributed by atoms with van der Waals surface area (Å²) in [4.78, 5) is 1.92. The van der Waals surface area contributed by atoms with Crippen LogP contribution in [0.25, 0.3) is 0 Å². The molecule has 2 heterocycles. The zero-order valence-corrected chi connectivity index (χ0v) is 14.4. The van der Waals surface area contributed by atoms with Gasteiger partial charge < -0.3 is 24.2 Å². The number of methoxy groups -OCH3 is 2. The van der Waals surface area contributed by atoms with E-state index in [9.17, 15) is 5.11 Å². The number of aliphatic hydroxyl groups is 1. The van der Waals surface area contributed by atoms with Crippen molar-refractivity contribution in [2.45, 2.75) is 12.5 Å². The minimum atomic E-state index is -0.0451. The maximum absolute atomic E-state index is 9.64. The fourth-order valence-electron chi connectivity index (χ4n) is 3.23. The Labute approximate surface area is 140 Å². The smallest absolute Gasteiger partial charge is 0.284 e. The van der Waals surface area contributed by atoms with Crippen LogP contribution in [-0.4, -0.2) is 50.0 Å². The van der Waals surface area contributed by atoms with Crippen LogP contribution in [0.2, 0.25) is 0 Å². The summed E-state index contributed by atoms with van der Waals surface area (Å²) >= 11 is 0. The molecule has 22 heavy (non-hydrogen) atoms. The largest absolute Gasteiger partial charge is 0.493 e. The van der Waals surface area contributed by atoms with Gasteiger partial charge in [0.15, 0.2) is 11.5 Å². The Morgan fingerprint density at radius 3 is 2.64 bits per heavy atom. The maximum atomic E-state index is 9.64. The number of amidine groups is 1. The molecule has 2 aliphatic heterocycles. The van der Waals surface area contributed by atoms with Crippen molar-refractivity contribution in [3.63, 3.8) is 0 Å². The van der Waals surface area contributed by atoms with Gasteiger partial charge in [0.2, 0.25) is 0 Å². The van der Waals surface area contributed by atoms with Crippen molar-refractivity contribution in [3.8, 4) is 11.5 Å². The van der Waals surface area contributed by atoms with Gasteiger partial charge in [-0.1, -0.05) is 0 Å². The van der Waals surface area contributed by atoms with Crippen LogP contribution in [0.5, 0.6) is 11.5 Å². The highest BCUT2D eigenvalue weighted by atomic mass is 79.9. The summed E-state index contributed by atoms with van der Waals surface area (Å²) < 4.78 is 16.1. The Balaban J connectivity index is 0.00000176. The normalized spacial score (nSPS) is 22.9. The molecule has 1 aromatic carbocycles. The summed E-state index contributed by atoms with van der Waals surface area (Å²) in [6.45, 7) is 1.11. The van der Waals surface area contributed by atoms with Crippen molar-refractivity contribution in [2.75, 3.05) is 34.0 Å². The van der Waals surface area contributed by atoms with Crippen molar-refractivity contribution in [3.05, 3.63) is 23.3 Å². The number of halogens is 1. The molecule has 2 aliphatic rings. The van der Waals surface area contributed by atoms with E-state index in [1.165, 1.54) is 5.56 Å². The highest BCUT2D eigenvalue weighted by Gasteiger charge is 2.40. The van der Waals surface area contributed by atoms with Crippen LogP contribution in [0, 0.1) is 11.3 Å². The van der Waals surface area contributed by atoms with E-state index in [2.05, 4.69) is 0 Å². The van der Waals surface area contributed by atoms with Crippen molar-refractivity contribution < 1.29 is 19.3 Å². The molecule has 7 heteroatoms. The zero-order valence-electron chi connectivity index (χ0n) is 12.7. The van der Waals surface area contributed by atoms with E-state index < -0.39 is 0 Å². The molecule has 0 saturated carbocycles. The third-order valence-corrected chi connectivity index (χ3v) is 4.30. The molecule has 2 unspecified atom stereocenters. The van der Waals surface area contributed by atoms with E-state index in [0.29, 0.717) is 24.7 Å². The molecule has 1 saturated heterocycles. The van der Waals surface area contributed by atoms with E-state index in [4.69, 9.17) is 19.6 Å². The second-order valence-electron chi connectivity index (χ2n) is 5.35. The molecule has 122 valence electrons. The number of hydrogen-bond acceptors (Lipinski definition) is 5. The number of nitrogens with one attached hydrogen (secondary N) is 1. The topological polar surface area (TPSA) is 75.0 Å². The van der Waals surface area contributed by atoms with E-state index in [-0.39, 0.29) is 41.6 Å². The summed E-state index contributed by atoms with van der Waals surface area (Å²) in [6, 6.07) is 4.11. The molecule has 2 N–H and O–H groups in total. The molecule has 6 nitrogen and oxygen atoms in total. The minimum absolute atomic E-state index is 0. The van der Waals surface area contributed by atoms with Gasteiger partial charge in [0.25, 0.3) is 6.02 Å². The van der Waals surface area contributed by atoms with Gasteiger partial charge >= 0.3 is 0 Å². The summed E-state index contributed by atoms with van der Waals surface area (Å²) in [5.74, 6) is 1.34. The first-order chi connectivity index (χ1) is 10.2. The molecule has 0 amide bonds. The summed E-state index contributed by atoms with van der Waals surface area (Å²) in [5.41, 5.74) is 2.27. The molecule has 3 rings (SSSR count). The number of hydrogen-bond donors (Lipinski definition) is 2. The third kappa shape index (κ3) is 2.63. The minimum Gasteiger partial charge on any atom is -0.493 e. The average Bonchev–Trinajstić information content (AvgIpc) is 2.53. The van der Waals surface area contributed by atoms with Gasteiger partial charge in [-0.05, 0) is 29.7 Å². The van der Waals surface area contributed by atoms with Gasteiger partial charge in [-0.15, -0.1) is 17.0 Å². The van der Waals surface area contributed by atoms with Gasteiger partial charge in [-0.3, -0.25) is 5.41 Å². The van der Waals surface area contributed by atoms with Crippen LogP contribution in [0.15, 0.2) is 12.1 Å². The lowest BCUT2D eigenvalue weighted by Gasteiger charge is -2.45. The fraction of sp³-hybridized carbons (Fsp3) is 0.533. The number of aliphatic hydroxyl groups excluding tert-OH is 1. The molecule has 1 fully saturated rings. The lowest BCUT2D eigenvalue weighted by Crippen LogP contribution is -2.50. The maximum Gasteiger partial charge on any atom is 0.284 e. The highest BCUT2D eigenvalue weighted by molar-refractivity contribution is 8.93. The molecule has 0 aromatic heterocycles. The summed E-state index contributed by atoms with van der Waals surface area (Å²) in [5, 5.41) is 17.6. The second-order valence-corrected chi connectivity index (χ2v) is 5.35. The highest BCUT2D eigenvalue weighted by Crippen LogP contribution is 2.42. The molecule has 1 aromatic rings. The van der Waals surface area contributed by atoms with Crippen molar-refractivity contribution >= 4 is 23.0 Å². The molecule has 0 bridgehead atoms. The van der Waals surface area contributed by atoms with Crippen LogP contribution < -0.4 is 9.47 Å². The monoisotopic (exact) mass is 372 g/mol. The lowest BCUT2D eigenvalue weighted by molar-refractivity contribution is 0.0255. The van der Waals surface area contributed by atoms with E-state index in [1.807, 2.05) is 17.0 Å². The Morgan fingerprint density at radius 2 is 2.00 bits per heavy atom. The first-order valence-electron chi connectivity index (χ1n) is 7.03. The van der Waals surface area contributed by atoms with E-state index in [1.54, 1.807) is 14.2 Å². The quantitative estimate of drug-likeness (QED) is 0.845. The van der Waals surface area contributed by atoms with Crippen LogP contribution in [0.3, 0.4) is 0 Å². The number of benzene rings is 1. The second kappa shape index (κ2) is 6.75. The predicted octanol–water partition coefficient (Wildman–Crippen LogP) is 1.75. The van der Waals surface area contributed by atoms with Gasteiger partial charge in [-0.25, -0.2) is 0 Å². The molecule has 0 radical (unpaired) electrons. The lowest BCUT2D eigenvalue weighted by atomic mass is 9.84. The van der Waals surface area contributed by atoms with Gasteiger partial charge in [0.1, 0.15) is 0 Å². The summed E-state index contributed by atoms with van der Waals surface area (Å²) in [7, 11) is 3.24. The van der Waals surface area contributed by atoms with Crippen LogP contribution in [0.1, 0.15) is 17.2 Å². The SMILES string of the molecule is Br.COc1cc2c(cc1OC)C1C(CO)COC(=N)N1CC2. The van der Waals surface area contributed by atoms with Crippen LogP contribution in [-0.2, 0) is 11.2 Å². The molecular formula is C15H21BrN2O4. The van der Waals surface area contributed by atoms with Crippen LogP contribution >= 0.6 is 17.0 Å². The fourth-order valence-corrected chi connectivity index (χ4v) is 3.23. The number of fused-ring (bicyclic) bond motifs is 3. The van der Waals surface area contributed by atoms with Gasteiger partial charge in [0.05, 0.1) is 33.5 Å². The van der Waals surface area contributed by atoms with Gasteiger partial charge in [0, 0.05) is 12.5 Å². The number of ether oxygens (including phenoxy) is 3. The third-order valence-electron chi connectivity index (χ3n) is 4.30. The average molecular weight is 373 g/mol. The van der Waals surface area contributed by atoms with E-state index in [0.717, 1.165) is 12.0 Å². The molecular weight excluding hydrogens is 352 g/mol. The molecule has 2 atom stereocenters. The van der Waals surface area contributed by atoms with E-state index >= 15 is 0 Å². The summed E-state index contributed by atoms with van der Waals surface area (Å²) in [6.07, 6.45) is 0.816. The Morgan fingerprint density at radius 1 is 1.32 bits per heavy atom. The Kier molecular flexibility index (Phi) is 5.18. The number of rotatable bonds is 3. The van der Waals surface area contributed by atoms with Crippen molar-refractivity contribution in [1.29, 1.82) is 5.41 Å². The van der Waals surface area contributed by atoms with Crippen molar-refractivity contribution in [2.24, 2.45) is 5.92 Å². The Bertz CT molecular complexity index is 567. The number of nitrogens with zero attached hydrogens (tertiary/aromatic N) is 1. The molecule has 0 spiro atoms. The standard InChI is InChI=1S/C15H20N2O4.BrH/c1-19-12-5-9-3-4-17-14(11(9)6-13(12)20-2)10(7-18)8-21-15(17)16;/h5-6,10,14,16,18H,3-4,7-8H2,1-2H3;1H. The first-order valence-corrected chi connectivity index (χ1v) is 7.03. The molecule has 0 aliphatic carbocycles. The Hall–Kier alpha value is -1.47. The van der Waals surface area contributed by atoms with Gasteiger partial charge in [-0.2, -0.15) is 0 Å². The first kappa shape index (κ1) is 16.9. The zero-order chi connectivity index (χ0) is 15.0. The van der Waals surface area contributed by atoms with Crippen LogP contribution in [0.4, 0.5) is 0 Å². The predicted molar refractivity (Wildman–Crippen MR) is 87.3 cm³/mol.